The lowest BCUT2D eigenvalue weighted by atomic mass is 9.68. The van der Waals surface area contributed by atoms with Crippen LogP contribution in [-0.2, 0) is 35.3 Å². The number of carbonyl (C=O) groups excluding carboxylic acids is 5. The number of benzene rings is 3. The van der Waals surface area contributed by atoms with Gasteiger partial charge in [-0.1, -0.05) is 56.7 Å². The second-order valence-electron chi connectivity index (χ2n) is 27.7. The van der Waals surface area contributed by atoms with E-state index in [1.807, 2.05) is 69.4 Å². The molecule has 28 heteroatoms. The highest BCUT2D eigenvalue weighted by molar-refractivity contribution is 6.05. The molecule has 4 aliphatic heterocycles. The van der Waals surface area contributed by atoms with Crippen molar-refractivity contribution in [3.05, 3.63) is 126 Å². The average Bonchev–Trinajstić information content (AvgIpc) is 1.42. The maximum atomic E-state index is 14.2. The Morgan fingerprint density at radius 2 is 1.57 bits per heavy atom. The normalized spacial score (nSPS) is 21.8. The number of aliphatic hydroxyl groups is 1. The van der Waals surface area contributed by atoms with Crippen LogP contribution in [0.4, 0.5) is 27.7 Å². The number of primary amides is 1. The number of pyridine rings is 1. The fourth-order valence-corrected chi connectivity index (χ4v) is 14.6. The SMILES string of the molecule is CC(C)[C@@H](C(=O)N1C[C@H](O)C[C@H]1C(=O)N[C@@H](C)c1ccc(C#N)cc1)c1cc(OCCN2CCC(OC3CC(Oc4cc(N5[C@@H]6CC[C@@H]5CN(c5cc(-c7ccccc7OCc7ccc(NC(=O)[C@H](CCCNC(N)=O)NC(=O)C8(C(=O)O)CCC8)cc7)nnc5N)C6)ccn4)C3)CC2)no1. The van der Waals surface area contributed by atoms with E-state index in [2.05, 4.69) is 74.5 Å². The lowest BCUT2D eigenvalue weighted by Crippen LogP contribution is -2.55. The molecule has 10 N–H and O–H groups in total. The number of nitrogens with two attached hydrogens (primary N) is 2. The van der Waals surface area contributed by atoms with Crippen LogP contribution in [0.5, 0.6) is 17.5 Å². The highest BCUT2D eigenvalue weighted by atomic mass is 16.5. The van der Waals surface area contributed by atoms with Gasteiger partial charge in [0, 0.05) is 112 Å². The first-order valence-corrected chi connectivity index (χ1v) is 35.0. The van der Waals surface area contributed by atoms with E-state index >= 15 is 0 Å². The van der Waals surface area contributed by atoms with E-state index in [0.29, 0.717) is 66.1 Å². The van der Waals surface area contributed by atoms with Crippen molar-refractivity contribution in [1.82, 2.24) is 46.1 Å². The molecule has 2 saturated carbocycles. The number of nitrogens with zero attached hydrogens (tertiary/aromatic N) is 9. The molecular formula is C73H89N15O13. The standard InChI is InChI=1S/C73H89N15O13/c1-43(2)65(69(92)87-41-52(89)33-60(87)68(91)79-44(3)47-15-11-45(38-74)12-16-47)62-37-64(84-101-62)97-31-30-85-28-22-53(23-29-85)99-54-34-55(35-54)100-63-32-49(21-27-77-63)88-50-19-20-51(88)40-86(39-50)59-36-58(82-83-66(59)75)56-8-4-5-10-61(56)98-42-46-13-17-48(18-14-46)80-67(90)57(9-6-26-78-72(76)96)81-70(93)73(71(94)95)24-7-25-73/h4-5,8,10-18,21,27,32,36-37,43-44,50-55,57,60,65,89H,6-7,9,19-20,22-26,28-31,33-35,39-42H2,1-3H3,(H2,75,83)(H,79,91)(H,80,90)(H,81,93)(H,94,95)(H3,76,78,96)/t44-,50+,51+,52+,54?,55?,57-,60-,65+/m0/s1. The van der Waals surface area contributed by atoms with Crippen molar-refractivity contribution in [2.45, 2.75) is 165 Å². The smallest absolute Gasteiger partial charge is 0.319 e. The number of ether oxygens (including phenoxy) is 4. The molecule has 0 spiro atoms. The van der Waals surface area contributed by atoms with Crippen LogP contribution in [0.3, 0.4) is 0 Å². The highest BCUT2D eigenvalue weighted by Crippen LogP contribution is 2.43. The number of amides is 6. The third-order valence-corrected chi connectivity index (χ3v) is 20.5. The van der Waals surface area contributed by atoms with Gasteiger partial charge in [-0.05, 0) is 129 Å². The molecule has 6 amide bonds. The Balaban J connectivity index is 0.568. The van der Waals surface area contributed by atoms with Crippen molar-refractivity contribution >= 4 is 58.5 Å². The maximum absolute atomic E-state index is 14.2. The summed E-state index contributed by atoms with van der Waals surface area (Å²) in [6, 6.07) is 28.8. The molecule has 0 unspecified atom stereocenters. The first-order valence-electron chi connectivity index (χ1n) is 35.0. The number of carbonyl (C=O) groups is 6. The summed E-state index contributed by atoms with van der Waals surface area (Å²) >= 11 is 0. The Hall–Kier alpha value is -10.1. The Bertz CT molecular complexity index is 3950. The number of carboxylic acids is 1. The van der Waals surface area contributed by atoms with E-state index < -0.39 is 53.3 Å². The number of aromatic nitrogens is 4. The van der Waals surface area contributed by atoms with Gasteiger partial charge >= 0.3 is 12.0 Å². The Labute approximate surface area is 585 Å². The van der Waals surface area contributed by atoms with E-state index in [1.165, 1.54) is 4.90 Å². The number of nitriles is 1. The number of fused-ring (bicyclic) bond motifs is 2. The van der Waals surface area contributed by atoms with Crippen LogP contribution in [-0.4, -0.2) is 177 Å². The number of carboxylic acid groups (broad SMARTS) is 1. The van der Waals surface area contributed by atoms with Crippen molar-refractivity contribution in [3.8, 4) is 34.8 Å². The molecule has 101 heavy (non-hydrogen) atoms. The second-order valence-corrected chi connectivity index (χ2v) is 27.7. The van der Waals surface area contributed by atoms with Crippen molar-refractivity contribution in [3.63, 3.8) is 0 Å². The predicted octanol–water partition coefficient (Wildman–Crippen LogP) is 6.59. The number of aliphatic hydroxyl groups excluding tert-OH is 1. The van der Waals surface area contributed by atoms with Gasteiger partial charge in [0.15, 0.2) is 11.6 Å². The molecule has 2 bridgehead atoms. The van der Waals surface area contributed by atoms with Crippen LogP contribution in [0, 0.1) is 22.7 Å². The van der Waals surface area contributed by atoms with Crippen molar-refractivity contribution in [2.75, 3.05) is 73.3 Å². The van der Waals surface area contributed by atoms with Crippen LogP contribution in [0.2, 0.25) is 0 Å². The van der Waals surface area contributed by atoms with E-state index in [4.69, 9.17) is 34.9 Å². The molecule has 7 heterocycles. The lowest BCUT2D eigenvalue weighted by molar-refractivity contribution is -0.162. The average molecular weight is 1380 g/mol. The lowest BCUT2D eigenvalue weighted by Gasteiger charge is -2.43. The third kappa shape index (κ3) is 16.7. The van der Waals surface area contributed by atoms with Crippen molar-refractivity contribution in [2.24, 2.45) is 17.1 Å². The molecule has 6 fully saturated rings. The van der Waals surface area contributed by atoms with E-state index in [-0.39, 0.29) is 105 Å². The summed E-state index contributed by atoms with van der Waals surface area (Å²) in [4.78, 5) is 91.0. The number of rotatable bonds is 29. The summed E-state index contributed by atoms with van der Waals surface area (Å²) in [6.07, 6.45) is 8.11. The van der Waals surface area contributed by atoms with Gasteiger partial charge in [0.1, 0.15) is 48.5 Å². The first kappa shape index (κ1) is 70.7. The zero-order valence-electron chi connectivity index (χ0n) is 57.1. The molecule has 4 saturated heterocycles. The predicted molar refractivity (Wildman–Crippen MR) is 371 cm³/mol. The van der Waals surface area contributed by atoms with Crippen LogP contribution >= 0.6 is 0 Å². The van der Waals surface area contributed by atoms with Gasteiger partial charge in [-0.3, -0.25) is 28.9 Å². The summed E-state index contributed by atoms with van der Waals surface area (Å²) in [5.41, 5.74) is 16.0. The molecule has 534 valence electrons. The highest BCUT2D eigenvalue weighted by Gasteiger charge is 2.52. The van der Waals surface area contributed by atoms with Crippen LogP contribution in [0.15, 0.2) is 108 Å². The molecule has 12 rings (SSSR count). The quantitative estimate of drug-likeness (QED) is 0.0181. The number of para-hydroxylation sites is 1. The second kappa shape index (κ2) is 31.6. The summed E-state index contributed by atoms with van der Waals surface area (Å²) in [7, 11) is 0. The zero-order valence-corrected chi connectivity index (χ0v) is 57.1. The number of hydrogen-bond donors (Lipinski definition) is 8. The fourth-order valence-electron chi connectivity index (χ4n) is 14.6. The summed E-state index contributed by atoms with van der Waals surface area (Å²) in [5.74, 6) is -2.02. The summed E-state index contributed by atoms with van der Waals surface area (Å²) in [6.45, 7) is 10.2. The Morgan fingerprint density at radius 1 is 0.832 bits per heavy atom. The van der Waals surface area contributed by atoms with Gasteiger partial charge in [0.05, 0.1) is 47.4 Å². The summed E-state index contributed by atoms with van der Waals surface area (Å²) in [5, 5.41) is 53.7. The molecular weight excluding hydrogens is 1290 g/mol. The minimum Gasteiger partial charge on any atom is -0.488 e. The monoisotopic (exact) mass is 1380 g/mol. The van der Waals surface area contributed by atoms with Gasteiger partial charge in [-0.15, -0.1) is 10.2 Å². The van der Waals surface area contributed by atoms with Crippen LogP contribution < -0.4 is 56.7 Å². The van der Waals surface area contributed by atoms with Crippen molar-refractivity contribution < 1.29 is 62.5 Å². The Kier molecular flexibility index (Phi) is 22.1. The molecule has 6 aliphatic rings. The van der Waals surface area contributed by atoms with Gasteiger partial charge in [-0.25, -0.2) is 9.78 Å². The maximum Gasteiger partial charge on any atom is 0.319 e. The number of urea groups is 1. The van der Waals surface area contributed by atoms with Gasteiger partial charge in [-0.2, -0.15) is 5.26 Å². The number of piperidine rings is 1. The number of anilines is 4. The molecule has 28 nitrogen and oxygen atoms in total. The molecule has 2 aliphatic carbocycles. The number of piperazine rings is 1. The number of aliphatic carboxylic acids is 1. The minimum atomic E-state index is -1.57. The number of hydrogen-bond acceptors (Lipinski definition) is 21. The van der Waals surface area contributed by atoms with E-state index in [0.717, 1.165) is 92.8 Å². The van der Waals surface area contributed by atoms with Gasteiger partial charge in [0.2, 0.25) is 29.5 Å². The zero-order chi connectivity index (χ0) is 70.9. The topological polar surface area (TPSA) is 381 Å². The molecule has 3 aromatic heterocycles. The van der Waals surface area contributed by atoms with Crippen molar-refractivity contribution in [1.29, 1.82) is 5.26 Å². The van der Waals surface area contributed by atoms with E-state index in [9.17, 15) is 44.2 Å². The summed E-state index contributed by atoms with van der Waals surface area (Å²) < 4.78 is 31.2. The van der Waals surface area contributed by atoms with Gasteiger partial charge < -0.3 is 81.1 Å². The molecule has 7 atom stereocenters. The van der Waals surface area contributed by atoms with Crippen LogP contribution in [0.25, 0.3) is 11.3 Å². The molecule has 6 aromatic rings. The van der Waals surface area contributed by atoms with Gasteiger partial charge in [0.25, 0.3) is 5.88 Å². The van der Waals surface area contributed by atoms with Crippen LogP contribution in [0.1, 0.15) is 132 Å². The minimum absolute atomic E-state index is 0.00188. The molecule has 0 radical (unpaired) electrons. The molecule has 3 aromatic carbocycles. The number of likely N-dealkylation sites (tertiary alicyclic amines) is 2. The fraction of sp³-hybridized carbons (Fsp3) is 0.493. The first-order chi connectivity index (χ1) is 48.8. The number of nitrogens with one attached hydrogen (secondary N) is 4. The largest absolute Gasteiger partial charge is 0.488 e. The number of β-amino-alcohol motifs (C(OH)–C–C–N with tert-alkyl or cyclic N) is 1. The Morgan fingerprint density at radius 3 is 2.27 bits per heavy atom. The number of nitrogen functional groups attached to an aromatic ring is 1. The van der Waals surface area contributed by atoms with E-state index in [1.54, 1.807) is 42.5 Å². The third-order valence-electron chi connectivity index (χ3n) is 20.5.